The van der Waals surface area contributed by atoms with Crippen molar-refractivity contribution < 1.29 is 27.1 Å². The lowest BCUT2D eigenvalue weighted by molar-refractivity contribution is 0.184. The number of aliphatic imine (C=N–C) groups is 1. The van der Waals surface area contributed by atoms with E-state index in [0.717, 1.165) is 43.4 Å². The minimum Gasteiger partial charge on any atom is -0.409 e. The van der Waals surface area contributed by atoms with E-state index in [1.807, 2.05) is 6.07 Å². The molecule has 4 aromatic carbocycles. The van der Waals surface area contributed by atoms with Gasteiger partial charge in [0.1, 0.15) is 17.4 Å². The zero-order valence-corrected chi connectivity index (χ0v) is 25.0. The number of rotatable bonds is 8. The third kappa shape index (κ3) is 8.11. The fourth-order valence-corrected chi connectivity index (χ4v) is 6.04. The van der Waals surface area contributed by atoms with Crippen LogP contribution in [0.1, 0.15) is 36.8 Å². The second kappa shape index (κ2) is 13.7. The molecule has 5 N–H and O–H groups in total. The van der Waals surface area contributed by atoms with E-state index in [4.69, 9.17) is 15.6 Å². The summed E-state index contributed by atoms with van der Waals surface area (Å²) in [5.74, 6) is -0.394. The molecule has 232 valence electrons. The van der Waals surface area contributed by atoms with Crippen LogP contribution >= 0.6 is 0 Å². The molecule has 5 rings (SSSR count). The first kappa shape index (κ1) is 31.4. The van der Waals surface area contributed by atoms with Gasteiger partial charge in [0, 0.05) is 29.4 Å². The number of nitrogens with one attached hydrogen (secondary N) is 1. The van der Waals surface area contributed by atoms with E-state index < -0.39 is 21.9 Å². The van der Waals surface area contributed by atoms with Gasteiger partial charge in [-0.25, -0.2) is 27.5 Å². The third-order valence-corrected chi connectivity index (χ3v) is 8.44. The van der Waals surface area contributed by atoms with Crippen LogP contribution in [0.25, 0.3) is 11.1 Å². The second-order valence-electron chi connectivity index (χ2n) is 10.6. The van der Waals surface area contributed by atoms with Gasteiger partial charge in [-0.2, -0.15) is 4.99 Å². The summed E-state index contributed by atoms with van der Waals surface area (Å²) in [5.41, 5.74) is 9.02. The molecule has 12 heteroatoms. The van der Waals surface area contributed by atoms with E-state index in [1.165, 1.54) is 18.2 Å². The highest BCUT2D eigenvalue weighted by molar-refractivity contribution is 7.89. The Labute approximate surface area is 260 Å². The Bertz CT molecular complexity index is 1820. The summed E-state index contributed by atoms with van der Waals surface area (Å²) in [7, 11) is -3.92. The van der Waals surface area contributed by atoms with E-state index in [2.05, 4.69) is 10.3 Å². The normalized spacial score (nSPS) is 13.8. The van der Waals surface area contributed by atoms with Crippen molar-refractivity contribution in [2.75, 3.05) is 5.32 Å². The average molecular weight is 630 g/mol. The molecule has 45 heavy (non-hydrogen) atoms. The first-order chi connectivity index (χ1) is 21.6. The van der Waals surface area contributed by atoms with Crippen LogP contribution in [0.5, 0.6) is 5.75 Å². The van der Waals surface area contributed by atoms with Gasteiger partial charge >= 0.3 is 12.1 Å². The van der Waals surface area contributed by atoms with Crippen LogP contribution in [-0.2, 0) is 16.6 Å². The lowest BCUT2D eigenvalue weighted by atomic mass is 10.1. The molecule has 1 aliphatic carbocycles. The monoisotopic (exact) mass is 629 g/mol. The van der Waals surface area contributed by atoms with Gasteiger partial charge in [0.2, 0.25) is 10.0 Å². The minimum atomic E-state index is -3.92. The largest absolute Gasteiger partial charge is 0.441 e. The number of hydrogen-bond donors (Lipinski definition) is 3. The van der Waals surface area contributed by atoms with Gasteiger partial charge in [0.05, 0.1) is 4.90 Å². The number of primary sulfonamides is 1. The molecule has 0 aliphatic heterocycles. The van der Waals surface area contributed by atoms with Crippen molar-refractivity contribution in [2.45, 2.75) is 43.2 Å². The van der Waals surface area contributed by atoms with Gasteiger partial charge in [-0.1, -0.05) is 61.4 Å². The maximum Gasteiger partial charge on any atom is 0.441 e. The highest BCUT2D eigenvalue weighted by Crippen LogP contribution is 2.29. The van der Waals surface area contributed by atoms with Crippen LogP contribution in [0, 0.1) is 5.82 Å². The zero-order chi connectivity index (χ0) is 32.0. The fraction of sp³-hybridized carbons (Fsp3) is 0.182. The van der Waals surface area contributed by atoms with Crippen LogP contribution < -0.4 is 20.9 Å². The van der Waals surface area contributed by atoms with Crippen LogP contribution in [0.3, 0.4) is 0 Å². The zero-order valence-electron chi connectivity index (χ0n) is 24.2. The predicted molar refractivity (Wildman–Crippen MR) is 170 cm³/mol. The van der Waals surface area contributed by atoms with Crippen molar-refractivity contribution in [1.29, 1.82) is 0 Å². The van der Waals surface area contributed by atoms with E-state index in [-0.39, 0.29) is 35.1 Å². The van der Waals surface area contributed by atoms with Crippen molar-refractivity contribution in [3.8, 4) is 16.9 Å². The molecule has 10 nitrogen and oxygen atoms in total. The Balaban J connectivity index is 1.30. The number of nitrogens with two attached hydrogens (primary N) is 2. The number of hydrogen-bond acceptors (Lipinski definition) is 5. The highest BCUT2D eigenvalue weighted by atomic mass is 32.2. The summed E-state index contributed by atoms with van der Waals surface area (Å²) >= 11 is 0. The van der Waals surface area contributed by atoms with Gasteiger partial charge in [0.25, 0.3) is 0 Å². The average Bonchev–Trinajstić information content (AvgIpc) is 3.56. The number of urea groups is 1. The maximum absolute atomic E-state index is 13.6. The number of halogens is 1. The Morgan fingerprint density at radius 3 is 2.31 bits per heavy atom. The number of amides is 3. The number of sulfonamides is 1. The number of carbonyl (C=O) groups is 2. The number of benzene rings is 4. The highest BCUT2D eigenvalue weighted by Gasteiger charge is 2.27. The number of nitrogens with zero attached hydrogens (tertiary/aromatic N) is 2. The van der Waals surface area contributed by atoms with Gasteiger partial charge in [-0.3, -0.25) is 0 Å². The summed E-state index contributed by atoms with van der Waals surface area (Å²) < 4.78 is 42.3. The Morgan fingerprint density at radius 1 is 0.933 bits per heavy atom. The molecule has 0 atom stereocenters. The first-order valence-electron chi connectivity index (χ1n) is 14.3. The summed E-state index contributed by atoms with van der Waals surface area (Å²) in [6, 6.07) is 25.1. The molecule has 0 unspecified atom stereocenters. The summed E-state index contributed by atoms with van der Waals surface area (Å²) in [6.45, 7) is 0.289. The van der Waals surface area contributed by atoms with Gasteiger partial charge < -0.3 is 20.7 Å². The predicted octanol–water partition coefficient (Wildman–Crippen LogP) is 6.02. The summed E-state index contributed by atoms with van der Waals surface area (Å²) in [5, 5.41) is 8.36. The third-order valence-electron chi connectivity index (χ3n) is 7.47. The molecule has 0 aromatic heterocycles. The van der Waals surface area contributed by atoms with E-state index in [9.17, 15) is 22.4 Å². The van der Waals surface area contributed by atoms with Crippen LogP contribution in [-0.4, -0.2) is 37.3 Å². The molecule has 1 aliphatic rings. The SMILES string of the molecule is NC(=NC(=O)Oc1ccc(F)cc1)c1cccc(CN(C(=O)Nc2ccc(-c3ccccc3S(N)(=O)=O)cc2)C2CCCC2)c1. The van der Waals surface area contributed by atoms with Crippen molar-refractivity contribution >= 4 is 33.7 Å². The van der Waals surface area contributed by atoms with E-state index in [1.54, 1.807) is 65.6 Å². The molecule has 0 bridgehead atoms. The topological polar surface area (TPSA) is 157 Å². The molecule has 4 aromatic rings. The second-order valence-corrected chi connectivity index (χ2v) is 12.2. The van der Waals surface area contributed by atoms with Crippen molar-refractivity contribution in [1.82, 2.24) is 4.90 Å². The molecule has 1 saturated carbocycles. The Hall–Kier alpha value is -5.07. The van der Waals surface area contributed by atoms with Crippen molar-refractivity contribution in [3.63, 3.8) is 0 Å². The van der Waals surface area contributed by atoms with Gasteiger partial charge in [0.15, 0.2) is 0 Å². The Kier molecular flexibility index (Phi) is 9.55. The molecule has 0 spiro atoms. The smallest absolute Gasteiger partial charge is 0.409 e. The molecule has 0 heterocycles. The summed E-state index contributed by atoms with van der Waals surface area (Å²) in [4.78, 5) is 31.5. The minimum absolute atomic E-state index is 0.0203. The molecular weight excluding hydrogens is 597 g/mol. The van der Waals surface area contributed by atoms with E-state index >= 15 is 0 Å². The lowest BCUT2D eigenvalue weighted by Gasteiger charge is -2.29. The standard InChI is InChI=1S/C33H32FN5O5S/c34-25-14-18-28(19-15-25)44-33(41)38-31(35)24-7-5-6-22(20-24)21-39(27-8-1-2-9-27)32(40)37-26-16-12-23(13-17-26)29-10-3-4-11-30(29)45(36,42)43/h3-7,10-20,27H,1-2,8-9,21H2,(H,37,40)(H2,35,38,41)(H2,36,42,43). The quantitative estimate of drug-likeness (QED) is 0.160. The van der Waals surface area contributed by atoms with Crippen LogP contribution in [0.4, 0.5) is 19.7 Å². The van der Waals surface area contributed by atoms with Gasteiger partial charge in [-0.15, -0.1) is 0 Å². The van der Waals surface area contributed by atoms with Crippen LogP contribution in [0.15, 0.2) is 107 Å². The number of anilines is 1. The first-order valence-corrected chi connectivity index (χ1v) is 15.8. The molecule has 3 amide bonds. The molecular formula is C33H32FN5O5S. The summed E-state index contributed by atoms with van der Waals surface area (Å²) in [6.07, 6.45) is 2.82. The van der Waals surface area contributed by atoms with Gasteiger partial charge in [-0.05, 0) is 72.5 Å². The number of ether oxygens (including phenoxy) is 1. The Morgan fingerprint density at radius 2 is 1.62 bits per heavy atom. The van der Waals surface area contributed by atoms with Crippen molar-refractivity contribution in [3.05, 3.63) is 114 Å². The van der Waals surface area contributed by atoms with Crippen LogP contribution in [0.2, 0.25) is 0 Å². The van der Waals surface area contributed by atoms with Crippen molar-refractivity contribution in [2.24, 2.45) is 15.9 Å². The molecule has 0 saturated heterocycles. The number of amidine groups is 1. The fourth-order valence-electron chi connectivity index (χ4n) is 5.28. The lowest BCUT2D eigenvalue weighted by Crippen LogP contribution is -2.41. The maximum atomic E-state index is 13.6. The van der Waals surface area contributed by atoms with E-state index in [0.29, 0.717) is 22.4 Å². The number of carbonyl (C=O) groups excluding carboxylic acids is 2. The molecule has 1 fully saturated rings. The molecule has 0 radical (unpaired) electrons.